The molecule has 2 rings (SSSR count). The van der Waals surface area contributed by atoms with Crippen LogP contribution in [0, 0.1) is 5.82 Å². The topological polar surface area (TPSA) is 50.9 Å². The lowest BCUT2D eigenvalue weighted by Crippen LogP contribution is -2.03. The van der Waals surface area contributed by atoms with Gasteiger partial charge in [0, 0.05) is 25.0 Å². The van der Waals surface area contributed by atoms with Crippen LogP contribution in [0.2, 0.25) is 5.02 Å². The molecule has 0 radical (unpaired) electrons. The molecule has 5 heteroatoms. The molecule has 3 N–H and O–H groups in total. The number of anilines is 2. The van der Waals surface area contributed by atoms with E-state index in [2.05, 4.69) is 10.3 Å². The lowest BCUT2D eigenvalue weighted by atomic mass is 10.2. The van der Waals surface area contributed by atoms with Crippen LogP contribution in [-0.4, -0.2) is 4.98 Å². The van der Waals surface area contributed by atoms with Crippen LogP contribution in [-0.2, 0) is 6.54 Å². The summed E-state index contributed by atoms with van der Waals surface area (Å²) in [5.41, 5.74) is 7.69. The first-order chi connectivity index (χ1) is 8.16. The Morgan fingerprint density at radius 2 is 2.00 bits per heavy atom. The van der Waals surface area contributed by atoms with E-state index in [1.54, 1.807) is 12.4 Å². The predicted octanol–water partition coefficient (Wildman–Crippen LogP) is 3.07. The van der Waals surface area contributed by atoms with Gasteiger partial charge in [-0.25, -0.2) is 4.39 Å². The molecule has 0 aliphatic carbocycles. The van der Waals surface area contributed by atoms with Crippen molar-refractivity contribution in [2.45, 2.75) is 6.54 Å². The summed E-state index contributed by atoms with van der Waals surface area (Å²) in [6.07, 6.45) is 3.41. The molecule has 3 nitrogen and oxygen atoms in total. The van der Waals surface area contributed by atoms with Crippen molar-refractivity contribution in [2.75, 3.05) is 11.1 Å². The SMILES string of the molecule is Nc1cc(F)c(Cl)cc1NCc1ccncc1. The Labute approximate surface area is 103 Å². The van der Waals surface area contributed by atoms with Crippen LogP contribution >= 0.6 is 11.6 Å². The fourth-order valence-electron chi connectivity index (χ4n) is 1.41. The van der Waals surface area contributed by atoms with Crippen molar-refractivity contribution in [2.24, 2.45) is 0 Å². The van der Waals surface area contributed by atoms with Crippen LogP contribution in [0.3, 0.4) is 0 Å². The maximum Gasteiger partial charge on any atom is 0.143 e. The molecule has 0 saturated carbocycles. The van der Waals surface area contributed by atoms with Crippen LogP contribution in [0.15, 0.2) is 36.7 Å². The zero-order valence-electron chi connectivity index (χ0n) is 8.95. The van der Waals surface area contributed by atoms with E-state index < -0.39 is 5.82 Å². The summed E-state index contributed by atoms with van der Waals surface area (Å²) in [6, 6.07) is 6.45. The van der Waals surface area contributed by atoms with Crippen molar-refractivity contribution in [3.63, 3.8) is 0 Å². The molecule has 0 aliphatic heterocycles. The smallest absolute Gasteiger partial charge is 0.143 e. The van der Waals surface area contributed by atoms with Crippen molar-refractivity contribution >= 4 is 23.0 Å². The van der Waals surface area contributed by atoms with Crippen molar-refractivity contribution in [3.05, 3.63) is 53.1 Å². The maximum absolute atomic E-state index is 13.1. The Bertz CT molecular complexity index is 517. The number of nitrogens with one attached hydrogen (secondary N) is 1. The average molecular weight is 252 g/mol. The molecule has 88 valence electrons. The summed E-state index contributed by atoms with van der Waals surface area (Å²) in [5.74, 6) is -0.515. The molecule has 0 fully saturated rings. The first kappa shape index (κ1) is 11.7. The molecule has 1 aromatic heterocycles. The number of halogens is 2. The van der Waals surface area contributed by atoms with Crippen molar-refractivity contribution in [1.29, 1.82) is 0 Å². The van der Waals surface area contributed by atoms with Crippen LogP contribution in [0.25, 0.3) is 0 Å². The second-order valence-corrected chi connectivity index (χ2v) is 3.97. The van der Waals surface area contributed by atoms with E-state index in [9.17, 15) is 4.39 Å². The minimum atomic E-state index is -0.515. The number of nitrogen functional groups attached to an aromatic ring is 1. The molecule has 0 atom stereocenters. The number of nitrogens with two attached hydrogens (primary N) is 1. The molecule has 0 saturated heterocycles. The van der Waals surface area contributed by atoms with Gasteiger partial charge >= 0.3 is 0 Å². The minimum absolute atomic E-state index is 0.0522. The lowest BCUT2D eigenvalue weighted by molar-refractivity contribution is 0.629. The summed E-state index contributed by atoms with van der Waals surface area (Å²) in [4.78, 5) is 3.92. The van der Waals surface area contributed by atoms with Gasteiger partial charge in [-0.2, -0.15) is 0 Å². The number of hydrogen-bond donors (Lipinski definition) is 2. The summed E-state index contributed by atoms with van der Waals surface area (Å²) < 4.78 is 13.1. The highest BCUT2D eigenvalue weighted by molar-refractivity contribution is 6.31. The zero-order valence-corrected chi connectivity index (χ0v) is 9.71. The van der Waals surface area contributed by atoms with Crippen molar-refractivity contribution < 1.29 is 4.39 Å². The second kappa shape index (κ2) is 5.01. The number of nitrogens with zero attached hydrogens (tertiary/aromatic N) is 1. The third kappa shape index (κ3) is 2.85. The van der Waals surface area contributed by atoms with Crippen LogP contribution in [0.4, 0.5) is 15.8 Å². The van der Waals surface area contributed by atoms with Gasteiger partial charge in [0.05, 0.1) is 16.4 Å². The molecule has 2 aromatic rings. The fourth-order valence-corrected chi connectivity index (χ4v) is 1.58. The largest absolute Gasteiger partial charge is 0.397 e. The minimum Gasteiger partial charge on any atom is -0.397 e. The quantitative estimate of drug-likeness (QED) is 0.825. The number of rotatable bonds is 3. The third-order valence-corrected chi connectivity index (χ3v) is 2.61. The van der Waals surface area contributed by atoms with Gasteiger partial charge in [-0.3, -0.25) is 4.98 Å². The van der Waals surface area contributed by atoms with Gasteiger partial charge in [-0.1, -0.05) is 11.6 Å². The van der Waals surface area contributed by atoms with Gasteiger partial charge in [-0.15, -0.1) is 0 Å². The first-order valence-electron chi connectivity index (χ1n) is 5.04. The standard InChI is InChI=1S/C12H11ClFN3/c13-9-5-12(11(15)6-10(9)14)17-7-8-1-3-16-4-2-8/h1-6,17H,7,15H2. The van der Waals surface area contributed by atoms with Gasteiger partial charge in [-0.05, 0) is 23.8 Å². The van der Waals surface area contributed by atoms with E-state index in [0.29, 0.717) is 17.9 Å². The van der Waals surface area contributed by atoms with Gasteiger partial charge in [0.25, 0.3) is 0 Å². The summed E-state index contributed by atoms with van der Waals surface area (Å²) in [5, 5.41) is 3.15. The third-order valence-electron chi connectivity index (χ3n) is 2.32. The molecule has 0 bridgehead atoms. The maximum atomic E-state index is 13.1. The lowest BCUT2D eigenvalue weighted by Gasteiger charge is -2.10. The number of benzene rings is 1. The average Bonchev–Trinajstić information content (AvgIpc) is 2.33. The molecular formula is C12H11ClFN3. The van der Waals surface area contributed by atoms with Gasteiger partial charge in [0.2, 0.25) is 0 Å². The Balaban J connectivity index is 2.12. The van der Waals surface area contributed by atoms with E-state index in [1.165, 1.54) is 12.1 Å². The number of hydrogen-bond acceptors (Lipinski definition) is 3. The summed E-state index contributed by atoms with van der Waals surface area (Å²) in [6.45, 7) is 0.578. The molecule has 0 spiro atoms. The molecular weight excluding hydrogens is 241 g/mol. The van der Waals surface area contributed by atoms with E-state index in [-0.39, 0.29) is 5.02 Å². The Kier molecular flexibility index (Phi) is 3.44. The van der Waals surface area contributed by atoms with Crippen molar-refractivity contribution in [3.8, 4) is 0 Å². The zero-order chi connectivity index (χ0) is 12.3. The summed E-state index contributed by atoms with van der Waals surface area (Å²) in [7, 11) is 0. The van der Waals surface area contributed by atoms with Crippen molar-refractivity contribution in [1.82, 2.24) is 4.98 Å². The molecule has 1 heterocycles. The molecule has 17 heavy (non-hydrogen) atoms. The predicted molar refractivity (Wildman–Crippen MR) is 67.4 cm³/mol. The molecule has 0 amide bonds. The van der Waals surface area contributed by atoms with E-state index >= 15 is 0 Å². The van der Waals surface area contributed by atoms with E-state index in [4.69, 9.17) is 17.3 Å². The molecule has 1 aromatic carbocycles. The highest BCUT2D eigenvalue weighted by atomic mass is 35.5. The van der Waals surface area contributed by atoms with Crippen LogP contribution in [0.1, 0.15) is 5.56 Å². The Morgan fingerprint density at radius 3 is 2.71 bits per heavy atom. The monoisotopic (exact) mass is 251 g/mol. The number of pyridine rings is 1. The molecule has 0 aliphatic rings. The van der Waals surface area contributed by atoms with Crippen LogP contribution < -0.4 is 11.1 Å². The Hall–Kier alpha value is -1.81. The van der Waals surface area contributed by atoms with Gasteiger partial charge < -0.3 is 11.1 Å². The van der Waals surface area contributed by atoms with Gasteiger partial charge in [0.15, 0.2) is 0 Å². The summed E-state index contributed by atoms with van der Waals surface area (Å²) >= 11 is 5.69. The fraction of sp³-hybridized carbons (Fsp3) is 0.0833. The highest BCUT2D eigenvalue weighted by Gasteiger charge is 2.05. The first-order valence-corrected chi connectivity index (χ1v) is 5.42. The Morgan fingerprint density at radius 1 is 1.29 bits per heavy atom. The van der Waals surface area contributed by atoms with Crippen LogP contribution in [0.5, 0.6) is 0 Å². The van der Waals surface area contributed by atoms with Gasteiger partial charge in [0.1, 0.15) is 5.82 Å². The molecule has 0 unspecified atom stereocenters. The second-order valence-electron chi connectivity index (χ2n) is 3.56. The van der Waals surface area contributed by atoms with E-state index in [0.717, 1.165) is 5.56 Å². The number of aromatic nitrogens is 1. The highest BCUT2D eigenvalue weighted by Crippen LogP contribution is 2.26. The normalized spacial score (nSPS) is 10.2. The van der Waals surface area contributed by atoms with E-state index in [1.807, 2.05) is 12.1 Å².